The zero-order valence-electron chi connectivity index (χ0n) is 21.3. The second kappa shape index (κ2) is 11.9. The number of benzene rings is 3. The van der Waals surface area contributed by atoms with Gasteiger partial charge in [-0.2, -0.15) is 0 Å². The third-order valence-electron chi connectivity index (χ3n) is 6.28. The van der Waals surface area contributed by atoms with Crippen LogP contribution < -0.4 is 25.4 Å². The highest BCUT2D eigenvalue weighted by Gasteiger charge is 2.35. The van der Waals surface area contributed by atoms with Gasteiger partial charge < -0.3 is 9.47 Å². The molecule has 3 aromatic carbocycles. The van der Waals surface area contributed by atoms with Gasteiger partial charge in [-0.05, 0) is 30.2 Å². The molecule has 3 aromatic rings. The van der Waals surface area contributed by atoms with Crippen LogP contribution in [0, 0.1) is 0 Å². The van der Waals surface area contributed by atoms with E-state index in [9.17, 15) is 4.79 Å². The lowest BCUT2D eigenvalue weighted by atomic mass is 10.1. The molecule has 2 heterocycles. The van der Waals surface area contributed by atoms with Crippen LogP contribution in [0.5, 0.6) is 11.5 Å². The summed E-state index contributed by atoms with van der Waals surface area (Å²) in [5.41, 5.74) is 2.21. The lowest BCUT2D eigenvalue weighted by molar-refractivity contribution is -0.116. The molecule has 1 unspecified atom stereocenters. The first-order valence-corrected chi connectivity index (χ1v) is 14.0. The first-order valence-electron chi connectivity index (χ1n) is 12.6. The van der Waals surface area contributed by atoms with Crippen LogP contribution in [0.4, 0.5) is 0 Å². The number of carbonyl (C=O) groups is 1. The van der Waals surface area contributed by atoms with E-state index in [-0.39, 0.29) is 5.91 Å². The van der Waals surface area contributed by atoms with Crippen molar-refractivity contribution in [2.75, 3.05) is 12.9 Å². The second-order valence-electron chi connectivity index (χ2n) is 8.94. The van der Waals surface area contributed by atoms with Crippen LogP contribution in [-0.2, 0) is 11.4 Å². The molecular weight excluding hydrogens is 520 g/mol. The average molecular weight is 549 g/mol. The molecule has 7 nitrogen and oxygen atoms in total. The monoisotopic (exact) mass is 548 g/mol. The fraction of sp³-hybridized carbons (Fsp3) is 0.276. The number of amides is 1. The lowest BCUT2D eigenvalue weighted by Crippen LogP contribution is -2.50. The maximum absolute atomic E-state index is 13.3. The van der Waals surface area contributed by atoms with Crippen molar-refractivity contribution in [2.24, 2.45) is 10.1 Å². The molecule has 0 radical (unpaired) electrons. The van der Waals surface area contributed by atoms with Gasteiger partial charge in [0.25, 0.3) is 5.91 Å². The molecule has 196 valence electrons. The summed E-state index contributed by atoms with van der Waals surface area (Å²) in [5, 5.41) is 11.9. The van der Waals surface area contributed by atoms with Gasteiger partial charge in [-0.15, -0.1) is 5.10 Å². The van der Waals surface area contributed by atoms with Crippen LogP contribution in [0.3, 0.4) is 0 Å². The normalized spacial score (nSPS) is 16.1. The molecule has 0 fully saturated rings. The number of unbranched alkanes of at least 4 members (excludes halogenated alkanes) is 2. The maximum atomic E-state index is 13.3. The van der Waals surface area contributed by atoms with Gasteiger partial charge in [0.2, 0.25) is 0 Å². The Bertz CT molecular complexity index is 1480. The molecule has 0 aliphatic carbocycles. The minimum Gasteiger partial charge on any atom is -0.493 e. The first kappa shape index (κ1) is 26.1. The predicted molar refractivity (Wildman–Crippen MR) is 152 cm³/mol. The van der Waals surface area contributed by atoms with E-state index in [1.807, 2.05) is 60.7 Å². The standard InChI is InChI=1S/C29H29ClN4O3S/c1-3-4-10-15-38-29-32-28(35)25-21-13-8-9-14-23(21)31-27(34(25)33-29)20-16-22(30)26(24(17-20)36-2)37-18-19-11-6-5-7-12-19/h5-9,11-14,16-17,27H,3-4,10,15,18H2,1-2H3,(H,32,33,35). The summed E-state index contributed by atoms with van der Waals surface area (Å²) in [6.45, 7) is 2.52. The van der Waals surface area contributed by atoms with E-state index in [2.05, 4.69) is 12.2 Å². The van der Waals surface area contributed by atoms with Crippen molar-refractivity contribution in [3.05, 3.63) is 93.5 Å². The summed E-state index contributed by atoms with van der Waals surface area (Å²) in [7, 11) is 1.58. The molecule has 0 aromatic heterocycles. The van der Waals surface area contributed by atoms with Gasteiger partial charge >= 0.3 is 0 Å². The highest BCUT2D eigenvalue weighted by atomic mass is 35.5. The summed E-state index contributed by atoms with van der Waals surface area (Å²) < 4.78 is 11.7. The molecule has 1 N–H and O–H groups in total. The molecule has 0 saturated carbocycles. The third kappa shape index (κ3) is 5.51. The number of rotatable bonds is 9. The van der Waals surface area contributed by atoms with Crippen molar-refractivity contribution in [3.8, 4) is 11.5 Å². The minimum atomic E-state index is -0.605. The van der Waals surface area contributed by atoms with Crippen molar-refractivity contribution in [3.63, 3.8) is 0 Å². The van der Waals surface area contributed by atoms with E-state index >= 15 is 0 Å². The molecule has 2 aliphatic heterocycles. The van der Waals surface area contributed by atoms with Crippen molar-refractivity contribution in [2.45, 2.75) is 39.0 Å². The van der Waals surface area contributed by atoms with E-state index in [1.165, 1.54) is 0 Å². The molecule has 0 saturated heterocycles. The fourth-order valence-corrected chi connectivity index (χ4v) is 5.52. The Balaban J connectivity index is 1.52. The van der Waals surface area contributed by atoms with Crippen LogP contribution in [0.1, 0.15) is 43.5 Å². The Morgan fingerprint density at radius 3 is 2.66 bits per heavy atom. The van der Waals surface area contributed by atoms with Gasteiger partial charge in [0.05, 0.1) is 17.5 Å². The van der Waals surface area contributed by atoms with E-state index < -0.39 is 6.17 Å². The summed E-state index contributed by atoms with van der Waals surface area (Å²) >= 11 is 8.28. The number of nitrogens with one attached hydrogen (secondary N) is 1. The number of para-hydroxylation sites is 1. The molecule has 5 rings (SSSR count). The number of amidine groups is 1. The number of thioether (sulfide) groups is 1. The molecule has 1 amide bonds. The summed E-state index contributed by atoms with van der Waals surface area (Å²) in [6.07, 6.45) is 2.72. The van der Waals surface area contributed by atoms with Gasteiger partial charge in [0.1, 0.15) is 12.3 Å². The van der Waals surface area contributed by atoms with Crippen LogP contribution in [-0.4, -0.2) is 28.9 Å². The Morgan fingerprint density at radius 2 is 1.87 bits per heavy atom. The van der Waals surface area contributed by atoms with Crippen molar-refractivity contribution >= 4 is 40.1 Å². The fourth-order valence-electron chi connectivity index (χ4n) is 4.39. The van der Waals surface area contributed by atoms with E-state index in [0.29, 0.717) is 39.4 Å². The number of carbonyl (C=O) groups excluding carboxylic acids is 1. The topological polar surface area (TPSA) is 75.5 Å². The van der Waals surface area contributed by atoms with Gasteiger partial charge in [-0.25, -0.2) is 5.01 Å². The van der Waals surface area contributed by atoms with Crippen LogP contribution in [0.15, 0.2) is 76.8 Å². The first-order chi connectivity index (χ1) is 18.6. The minimum absolute atomic E-state index is 0.203. The molecule has 38 heavy (non-hydrogen) atoms. The summed E-state index contributed by atoms with van der Waals surface area (Å²) in [6, 6.07) is 21.1. The Morgan fingerprint density at radius 1 is 1.08 bits per heavy atom. The molecule has 1 atom stereocenters. The number of fused-ring (bicyclic) bond motifs is 2. The SMILES string of the molecule is CCCCCSC1=NN2C(=c3ccccc3=NC2c2cc(Cl)c(OCc3ccccc3)c(OC)c2)C(=O)N1. The Labute approximate surface area is 231 Å². The van der Waals surface area contributed by atoms with Crippen molar-refractivity contribution in [1.29, 1.82) is 0 Å². The number of nitrogens with zero attached hydrogens (tertiary/aromatic N) is 3. The smallest absolute Gasteiger partial charge is 0.276 e. The Hall–Kier alpha value is -3.49. The lowest BCUT2D eigenvalue weighted by Gasteiger charge is -2.34. The molecular formula is C29H29ClN4O3S. The van der Waals surface area contributed by atoms with Crippen molar-refractivity contribution in [1.82, 2.24) is 10.3 Å². The average Bonchev–Trinajstić information content (AvgIpc) is 2.94. The number of halogens is 1. The number of hydrogen-bond acceptors (Lipinski definition) is 7. The van der Waals surface area contributed by atoms with E-state index in [0.717, 1.165) is 41.4 Å². The second-order valence-corrected chi connectivity index (χ2v) is 10.4. The largest absolute Gasteiger partial charge is 0.493 e. The quantitative estimate of drug-likeness (QED) is 0.381. The summed E-state index contributed by atoms with van der Waals surface area (Å²) in [5.74, 6) is 1.61. The van der Waals surface area contributed by atoms with Gasteiger partial charge in [-0.1, -0.05) is 91.7 Å². The van der Waals surface area contributed by atoms with Gasteiger partial charge in [0.15, 0.2) is 22.8 Å². The maximum Gasteiger partial charge on any atom is 0.276 e. The zero-order valence-corrected chi connectivity index (χ0v) is 22.9. The highest BCUT2D eigenvalue weighted by molar-refractivity contribution is 8.13. The molecule has 0 spiro atoms. The predicted octanol–water partition coefficient (Wildman–Crippen LogP) is 4.99. The molecule has 9 heteroatoms. The number of ether oxygens (including phenoxy) is 2. The van der Waals surface area contributed by atoms with Crippen LogP contribution in [0.25, 0.3) is 5.70 Å². The molecule has 2 aliphatic rings. The summed E-state index contributed by atoms with van der Waals surface area (Å²) in [4.78, 5) is 18.3. The van der Waals surface area contributed by atoms with Crippen LogP contribution in [0.2, 0.25) is 5.02 Å². The number of hydrazone groups is 1. The zero-order chi connectivity index (χ0) is 26.5. The molecule has 0 bridgehead atoms. The van der Waals surface area contributed by atoms with E-state index in [4.69, 9.17) is 31.2 Å². The number of hydrogen-bond donors (Lipinski definition) is 1. The van der Waals surface area contributed by atoms with Crippen molar-refractivity contribution < 1.29 is 14.3 Å². The van der Waals surface area contributed by atoms with Gasteiger partial charge in [-0.3, -0.25) is 15.1 Å². The highest BCUT2D eigenvalue weighted by Crippen LogP contribution is 2.41. The number of methoxy groups -OCH3 is 1. The van der Waals surface area contributed by atoms with Gasteiger partial charge in [0, 0.05) is 16.5 Å². The third-order valence-corrected chi connectivity index (χ3v) is 7.51. The van der Waals surface area contributed by atoms with E-state index in [1.54, 1.807) is 29.9 Å². The Kier molecular flexibility index (Phi) is 8.20. The van der Waals surface area contributed by atoms with Crippen LogP contribution >= 0.6 is 23.4 Å².